The van der Waals surface area contributed by atoms with E-state index in [0.717, 1.165) is 5.56 Å². The molecule has 31 heavy (non-hydrogen) atoms. The highest BCUT2D eigenvalue weighted by atomic mass is 16.5. The van der Waals surface area contributed by atoms with Gasteiger partial charge in [-0.1, -0.05) is 41.5 Å². The molecule has 0 unspecified atom stereocenters. The first-order valence-corrected chi connectivity index (χ1v) is 10.4. The Hall–Kier alpha value is -2.76. The fourth-order valence-corrected chi connectivity index (χ4v) is 4.11. The Morgan fingerprint density at radius 3 is 1.94 bits per heavy atom. The molecule has 168 valence electrons. The van der Waals surface area contributed by atoms with Crippen LogP contribution in [0.5, 0.6) is 11.5 Å². The van der Waals surface area contributed by atoms with Crippen molar-refractivity contribution in [3.63, 3.8) is 0 Å². The summed E-state index contributed by atoms with van der Waals surface area (Å²) in [4.78, 5) is 26.9. The zero-order valence-electron chi connectivity index (χ0n) is 19.9. The van der Waals surface area contributed by atoms with E-state index in [0.29, 0.717) is 40.9 Å². The molecular weight excluding hydrogens is 396 g/mol. The van der Waals surface area contributed by atoms with Gasteiger partial charge in [0.25, 0.3) is 5.78 Å². The van der Waals surface area contributed by atoms with E-state index in [9.17, 15) is 9.59 Å². The van der Waals surface area contributed by atoms with Gasteiger partial charge in [-0.25, -0.2) is 0 Å². The summed E-state index contributed by atoms with van der Waals surface area (Å²) in [5.74, 6) is 0.465. The molecule has 0 N–H and O–H groups in total. The lowest BCUT2D eigenvalue weighted by Gasteiger charge is -2.23. The summed E-state index contributed by atoms with van der Waals surface area (Å²) in [6, 6.07) is 1.72. The molecule has 1 heterocycles. The molecule has 0 radical (unpaired) electrons. The first-order valence-electron chi connectivity index (χ1n) is 10.4. The second kappa shape index (κ2) is 7.74. The lowest BCUT2D eigenvalue weighted by Crippen LogP contribution is -2.24. The monoisotopic (exact) mass is 428 g/mol. The van der Waals surface area contributed by atoms with Crippen LogP contribution >= 0.6 is 0 Å². The Labute approximate surface area is 183 Å². The van der Waals surface area contributed by atoms with E-state index in [4.69, 9.17) is 18.6 Å². The fraction of sp³-hybridized carbons (Fsp3) is 0.520. The molecule has 3 rings (SSSR count). The van der Waals surface area contributed by atoms with Gasteiger partial charge in [-0.05, 0) is 29.7 Å². The van der Waals surface area contributed by atoms with Crippen LogP contribution in [0.2, 0.25) is 0 Å². The van der Waals surface area contributed by atoms with Gasteiger partial charge in [-0.3, -0.25) is 9.59 Å². The molecule has 2 aromatic rings. The number of Topliss-reactive ketones (excluding diaryl/α,β-unsaturated/α-hetero) is 2. The molecular formula is C25H32O6. The minimum Gasteiger partial charge on any atom is -0.493 e. The molecule has 6 heteroatoms. The lowest BCUT2D eigenvalue weighted by molar-refractivity contribution is 0.0876. The van der Waals surface area contributed by atoms with Crippen LogP contribution in [-0.2, 0) is 11.2 Å². The highest BCUT2D eigenvalue weighted by Gasteiger charge is 2.40. The van der Waals surface area contributed by atoms with Gasteiger partial charge in [-0.15, -0.1) is 0 Å². The number of allylic oxidation sites excluding steroid dienone is 2. The van der Waals surface area contributed by atoms with E-state index in [2.05, 4.69) is 20.8 Å². The molecule has 0 spiro atoms. The van der Waals surface area contributed by atoms with Crippen LogP contribution in [0.15, 0.2) is 21.8 Å². The van der Waals surface area contributed by atoms with E-state index >= 15 is 0 Å². The molecule has 0 aliphatic heterocycles. The Balaban J connectivity index is 2.36. The first kappa shape index (κ1) is 22.9. The van der Waals surface area contributed by atoms with Gasteiger partial charge in [0.1, 0.15) is 5.58 Å². The largest absolute Gasteiger partial charge is 0.493 e. The molecule has 0 saturated carbocycles. The Kier molecular flexibility index (Phi) is 5.72. The number of rotatable bonds is 5. The summed E-state index contributed by atoms with van der Waals surface area (Å²) in [6.07, 6.45) is 1.02. The molecule has 0 amide bonds. The van der Waals surface area contributed by atoms with Crippen LogP contribution in [0.25, 0.3) is 11.0 Å². The van der Waals surface area contributed by atoms with E-state index in [1.807, 2.05) is 20.8 Å². The number of furan rings is 1. The minimum atomic E-state index is -0.410. The maximum Gasteiger partial charge on any atom is 0.263 e. The van der Waals surface area contributed by atoms with Crippen LogP contribution in [0.1, 0.15) is 74.4 Å². The topological polar surface area (TPSA) is 75.0 Å². The van der Waals surface area contributed by atoms with Crippen molar-refractivity contribution in [2.75, 3.05) is 21.3 Å². The van der Waals surface area contributed by atoms with Crippen molar-refractivity contribution in [3.8, 4) is 11.5 Å². The van der Waals surface area contributed by atoms with Crippen LogP contribution in [-0.4, -0.2) is 32.9 Å². The van der Waals surface area contributed by atoms with Crippen LogP contribution in [0.3, 0.4) is 0 Å². The molecule has 0 saturated heterocycles. The number of benzene rings is 1. The van der Waals surface area contributed by atoms with Crippen molar-refractivity contribution >= 4 is 22.5 Å². The normalized spacial score (nSPS) is 14.9. The van der Waals surface area contributed by atoms with Crippen molar-refractivity contribution in [3.05, 3.63) is 34.3 Å². The van der Waals surface area contributed by atoms with Crippen LogP contribution < -0.4 is 9.47 Å². The van der Waals surface area contributed by atoms with Gasteiger partial charge in [0.05, 0.1) is 26.9 Å². The summed E-state index contributed by atoms with van der Waals surface area (Å²) >= 11 is 0. The van der Waals surface area contributed by atoms with Gasteiger partial charge >= 0.3 is 0 Å². The second-order valence-corrected chi connectivity index (χ2v) is 10.4. The third kappa shape index (κ3) is 4.08. The Morgan fingerprint density at radius 1 is 0.839 bits per heavy atom. The number of fused-ring (bicyclic) bond motifs is 3. The smallest absolute Gasteiger partial charge is 0.263 e. The van der Waals surface area contributed by atoms with E-state index < -0.39 is 5.78 Å². The molecule has 0 atom stereocenters. The van der Waals surface area contributed by atoms with Crippen molar-refractivity contribution in [1.29, 1.82) is 0 Å². The van der Waals surface area contributed by atoms with E-state index in [-0.39, 0.29) is 33.7 Å². The number of ketones is 2. The number of carbonyl (C=O) groups is 2. The Morgan fingerprint density at radius 2 is 1.45 bits per heavy atom. The number of hydrogen-bond donors (Lipinski definition) is 0. The maximum atomic E-state index is 13.6. The lowest BCUT2D eigenvalue weighted by atomic mass is 9.80. The summed E-state index contributed by atoms with van der Waals surface area (Å²) in [5, 5.41) is 0.562. The summed E-state index contributed by atoms with van der Waals surface area (Å²) < 4.78 is 22.7. The summed E-state index contributed by atoms with van der Waals surface area (Å²) in [5.41, 5.74) is 1.60. The van der Waals surface area contributed by atoms with E-state index in [1.165, 1.54) is 7.11 Å². The third-order valence-electron chi connectivity index (χ3n) is 5.22. The van der Waals surface area contributed by atoms with E-state index in [1.54, 1.807) is 20.3 Å². The zero-order valence-corrected chi connectivity index (χ0v) is 19.9. The number of carbonyl (C=O) groups excluding carboxylic acids is 2. The number of methoxy groups -OCH3 is 3. The first-order chi connectivity index (χ1) is 14.3. The van der Waals surface area contributed by atoms with Crippen molar-refractivity contribution in [2.45, 2.75) is 54.4 Å². The Bertz CT molecular complexity index is 1090. The highest BCUT2D eigenvalue weighted by molar-refractivity contribution is 6.29. The van der Waals surface area contributed by atoms with Gasteiger partial charge in [-0.2, -0.15) is 0 Å². The SMILES string of the molecule is COC1=C(CC(C)(C)C)C(=O)c2c(oc3c(CC(C)(C)C)c(OC)c(OC)cc23)C1=O. The number of ether oxygens (including phenoxy) is 3. The predicted octanol–water partition coefficient (Wildman–Crippen LogP) is 5.75. The molecule has 1 aliphatic rings. The molecule has 0 bridgehead atoms. The van der Waals surface area contributed by atoms with Crippen molar-refractivity contribution in [1.82, 2.24) is 0 Å². The number of hydrogen-bond acceptors (Lipinski definition) is 6. The predicted molar refractivity (Wildman–Crippen MR) is 119 cm³/mol. The summed E-state index contributed by atoms with van der Waals surface area (Å²) in [6.45, 7) is 12.4. The average molecular weight is 429 g/mol. The van der Waals surface area contributed by atoms with Gasteiger partial charge in [0.2, 0.25) is 0 Å². The van der Waals surface area contributed by atoms with Gasteiger partial charge in [0, 0.05) is 16.5 Å². The molecule has 1 aromatic carbocycles. The minimum absolute atomic E-state index is 0.0139. The molecule has 0 fully saturated rings. The molecule has 1 aromatic heterocycles. The molecule has 1 aliphatic carbocycles. The fourth-order valence-electron chi connectivity index (χ4n) is 4.11. The molecule has 6 nitrogen and oxygen atoms in total. The van der Waals surface area contributed by atoms with Gasteiger partial charge < -0.3 is 18.6 Å². The highest BCUT2D eigenvalue weighted by Crippen LogP contribution is 2.46. The standard InChI is InChI=1S/C25H32O6/c1-24(2,3)11-14-18(26)17-13-10-16(28-7)21(29-8)15(12-25(4,5)6)20(13)31-23(17)19(27)22(14)30-9/h10H,11-12H2,1-9H3. The summed E-state index contributed by atoms with van der Waals surface area (Å²) in [7, 11) is 4.53. The van der Waals surface area contributed by atoms with Crippen LogP contribution in [0.4, 0.5) is 0 Å². The second-order valence-electron chi connectivity index (χ2n) is 10.4. The quantitative estimate of drug-likeness (QED) is 0.603. The van der Waals surface area contributed by atoms with Crippen molar-refractivity contribution < 1.29 is 28.2 Å². The van der Waals surface area contributed by atoms with Crippen LogP contribution in [0, 0.1) is 10.8 Å². The zero-order chi connectivity index (χ0) is 23.3. The van der Waals surface area contributed by atoms with Crippen molar-refractivity contribution in [2.24, 2.45) is 10.8 Å². The van der Waals surface area contributed by atoms with Gasteiger partial charge in [0.15, 0.2) is 28.8 Å². The maximum absolute atomic E-state index is 13.6. The third-order valence-corrected chi connectivity index (χ3v) is 5.22. The average Bonchev–Trinajstić information content (AvgIpc) is 3.03.